The van der Waals surface area contributed by atoms with E-state index in [-0.39, 0.29) is 17.9 Å². The van der Waals surface area contributed by atoms with Gasteiger partial charge in [-0.25, -0.2) is 0 Å². The molecule has 2 aliphatic rings. The maximum atomic E-state index is 13.2. The van der Waals surface area contributed by atoms with Crippen molar-refractivity contribution in [2.45, 2.75) is 44.8 Å². The molecule has 0 bridgehead atoms. The average molecular weight is 443 g/mol. The Morgan fingerprint density at radius 2 is 1.97 bits per heavy atom. The summed E-state index contributed by atoms with van der Waals surface area (Å²) < 4.78 is 11.7. The smallest absolute Gasteiger partial charge is 0.229 e. The van der Waals surface area contributed by atoms with E-state index in [2.05, 4.69) is 10.6 Å². The molecule has 2 aromatic rings. The van der Waals surface area contributed by atoms with Crippen molar-refractivity contribution in [3.05, 3.63) is 58.6 Å². The topological polar surface area (TPSA) is 76.7 Å². The van der Waals surface area contributed by atoms with Crippen LogP contribution in [0.5, 0.6) is 5.75 Å². The lowest BCUT2D eigenvalue weighted by Crippen LogP contribution is -2.43. The third-order valence-corrected chi connectivity index (χ3v) is 6.03. The summed E-state index contributed by atoms with van der Waals surface area (Å²) in [6, 6.07) is 12.5. The van der Waals surface area contributed by atoms with Crippen molar-refractivity contribution >= 4 is 29.1 Å². The number of benzene rings is 2. The SMILES string of the molecule is Cc1ccc(OC2CCOCC2)c(C2NC(=O)CCC2C(=O)Nc2cccc(Cl)c2)c1. The minimum atomic E-state index is -0.463. The molecule has 0 spiro atoms. The standard InChI is InChI=1S/C24H27ClN2O4/c1-15-5-7-21(31-18-9-11-30-12-10-18)20(13-15)23-19(6-8-22(28)27-23)24(29)26-17-4-2-3-16(25)14-17/h2-5,7,13-14,18-19,23H,6,8-12H2,1H3,(H,26,29)(H,27,28). The number of carbonyl (C=O) groups excluding carboxylic acids is 2. The van der Waals surface area contributed by atoms with Crippen molar-refractivity contribution in [1.82, 2.24) is 5.32 Å². The molecule has 0 saturated carbocycles. The first-order valence-corrected chi connectivity index (χ1v) is 11.1. The van der Waals surface area contributed by atoms with Crippen molar-refractivity contribution in [3.63, 3.8) is 0 Å². The van der Waals surface area contributed by atoms with Gasteiger partial charge in [-0.2, -0.15) is 0 Å². The zero-order valence-corrected chi connectivity index (χ0v) is 18.3. The second kappa shape index (κ2) is 9.71. The molecule has 2 saturated heterocycles. The molecular weight excluding hydrogens is 416 g/mol. The number of anilines is 1. The zero-order valence-electron chi connectivity index (χ0n) is 17.5. The first-order valence-electron chi connectivity index (χ1n) is 10.7. The van der Waals surface area contributed by atoms with Gasteiger partial charge in [-0.05, 0) is 37.6 Å². The molecular formula is C24H27ClN2O4. The highest BCUT2D eigenvalue weighted by atomic mass is 35.5. The highest BCUT2D eigenvalue weighted by Crippen LogP contribution is 2.37. The van der Waals surface area contributed by atoms with Crippen molar-refractivity contribution in [3.8, 4) is 5.75 Å². The number of aryl methyl sites for hydroxylation is 1. The van der Waals surface area contributed by atoms with Gasteiger partial charge in [0.2, 0.25) is 11.8 Å². The number of halogens is 1. The van der Waals surface area contributed by atoms with Gasteiger partial charge < -0.3 is 20.1 Å². The summed E-state index contributed by atoms with van der Waals surface area (Å²) in [5.41, 5.74) is 2.52. The maximum absolute atomic E-state index is 13.2. The van der Waals surface area contributed by atoms with Gasteiger partial charge in [0.15, 0.2) is 0 Å². The normalized spacial score (nSPS) is 21.9. The molecule has 31 heavy (non-hydrogen) atoms. The van der Waals surface area contributed by atoms with Gasteiger partial charge in [-0.15, -0.1) is 0 Å². The number of hydrogen-bond donors (Lipinski definition) is 2. The Balaban J connectivity index is 1.60. The fourth-order valence-corrected chi connectivity index (χ4v) is 4.36. The highest BCUT2D eigenvalue weighted by molar-refractivity contribution is 6.30. The largest absolute Gasteiger partial charge is 0.490 e. The van der Waals surface area contributed by atoms with Crippen molar-refractivity contribution in [2.75, 3.05) is 18.5 Å². The lowest BCUT2D eigenvalue weighted by molar-refractivity contribution is -0.128. The molecule has 164 valence electrons. The van der Waals surface area contributed by atoms with Gasteiger partial charge in [0, 0.05) is 35.5 Å². The Hall–Kier alpha value is -2.57. The van der Waals surface area contributed by atoms with Gasteiger partial charge >= 0.3 is 0 Å². The molecule has 0 aromatic heterocycles. The van der Waals surface area contributed by atoms with E-state index in [1.165, 1.54) is 0 Å². The van der Waals surface area contributed by atoms with Crippen LogP contribution in [0.15, 0.2) is 42.5 Å². The van der Waals surface area contributed by atoms with Crippen LogP contribution in [0, 0.1) is 12.8 Å². The first-order chi connectivity index (χ1) is 15.0. The third kappa shape index (κ3) is 5.38. The number of ether oxygens (including phenoxy) is 2. The van der Waals surface area contributed by atoms with Gasteiger partial charge in [-0.1, -0.05) is 35.4 Å². The number of hydrogen-bond acceptors (Lipinski definition) is 4. The van der Waals surface area contributed by atoms with E-state index in [4.69, 9.17) is 21.1 Å². The Labute approximate surface area is 187 Å². The molecule has 2 aliphatic heterocycles. The lowest BCUT2D eigenvalue weighted by Gasteiger charge is -2.34. The molecule has 2 unspecified atom stereocenters. The summed E-state index contributed by atoms with van der Waals surface area (Å²) in [6.07, 6.45) is 2.49. The Kier molecular flexibility index (Phi) is 6.78. The van der Waals surface area contributed by atoms with Crippen LogP contribution >= 0.6 is 11.6 Å². The first kappa shape index (κ1) is 21.7. The predicted molar refractivity (Wildman–Crippen MR) is 119 cm³/mol. The molecule has 2 fully saturated rings. The Morgan fingerprint density at radius 3 is 2.74 bits per heavy atom. The molecule has 0 radical (unpaired) electrons. The fourth-order valence-electron chi connectivity index (χ4n) is 4.17. The van der Waals surface area contributed by atoms with E-state index >= 15 is 0 Å². The molecule has 2 atom stereocenters. The number of carbonyl (C=O) groups is 2. The van der Waals surface area contributed by atoms with Crippen molar-refractivity contribution < 1.29 is 19.1 Å². The van der Waals surface area contributed by atoms with Crippen LogP contribution in [0.4, 0.5) is 5.69 Å². The minimum absolute atomic E-state index is 0.0599. The molecule has 2 N–H and O–H groups in total. The van der Waals surface area contributed by atoms with Crippen LogP contribution in [-0.2, 0) is 14.3 Å². The number of piperidine rings is 1. The van der Waals surface area contributed by atoms with E-state index in [1.807, 2.05) is 25.1 Å². The number of amides is 2. The molecule has 7 heteroatoms. The molecule has 0 aliphatic carbocycles. The van der Waals surface area contributed by atoms with Crippen LogP contribution in [0.25, 0.3) is 0 Å². The monoisotopic (exact) mass is 442 g/mol. The highest BCUT2D eigenvalue weighted by Gasteiger charge is 2.37. The van der Waals surface area contributed by atoms with E-state index < -0.39 is 12.0 Å². The number of nitrogens with one attached hydrogen (secondary N) is 2. The van der Waals surface area contributed by atoms with Crippen LogP contribution in [0.2, 0.25) is 5.02 Å². The van der Waals surface area contributed by atoms with Gasteiger partial charge in [0.25, 0.3) is 0 Å². The van der Waals surface area contributed by atoms with Gasteiger partial charge in [0.1, 0.15) is 11.9 Å². The predicted octanol–water partition coefficient (Wildman–Crippen LogP) is 4.41. The summed E-state index contributed by atoms with van der Waals surface area (Å²) in [4.78, 5) is 25.5. The fraction of sp³-hybridized carbons (Fsp3) is 0.417. The summed E-state index contributed by atoms with van der Waals surface area (Å²) in [7, 11) is 0. The Bertz CT molecular complexity index is 958. The number of rotatable bonds is 5. The maximum Gasteiger partial charge on any atom is 0.229 e. The summed E-state index contributed by atoms with van der Waals surface area (Å²) >= 11 is 6.05. The third-order valence-electron chi connectivity index (χ3n) is 5.79. The van der Waals surface area contributed by atoms with E-state index in [0.29, 0.717) is 42.5 Å². The minimum Gasteiger partial charge on any atom is -0.490 e. The van der Waals surface area contributed by atoms with E-state index in [0.717, 1.165) is 24.0 Å². The zero-order chi connectivity index (χ0) is 21.8. The van der Waals surface area contributed by atoms with Gasteiger partial charge in [-0.3, -0.25) is 9.59 Å². The van der Waals surface area contributed by atoms with Crippen molar-refractivity contribution in [2.24, 2.45) is 5.92 Å². The average Bonchev–Trinajstić information content (AvgIpc) is 2.75. The van der Waals surface area contributed by atoms with Gasteiger partial charge in [0.05, 0.1) is 25.2 Å². The lowest BCUT2D eigenvalue weighted by atomic mass is 9.84. The molecule has 2 amide bonds. The van der Waals surface area contributed by atoms with Crippen LogP contribution in [-0.4, -0.2) is 31.1 Å². The van der Waals surface area contributed by atoms with Crippen LogP contribution in [0.3, 0.4) is 0 Å². The molecule has 4 rings (SSSR count). The summed E-state index contributed by atoms with van der Waals surface area (Å²) in [5.74, 6) is 0.0851. The quantitative estimate of drug-likeness (QED) is 0.719. The molecule has 6 nitrogen and oxygen atoms in total. The summed E-state index contributed by atoms with van der Waals surface area (Å²) in [6.45, 7) is 3.35. The van der Waals surface area contributed by atoms with Crippen molar-refractivity contribution in [1.29, 1.82) is 0 Å². The Morgan fingerprint density at radius 1 is 1.16 bits per heavy atom. The van der Waals surface area contributed by atoms with Crippen LogP contribution < -0.4 is 15.4 Å². The van der Waals surface area contributed by atoms with Crippen LogP contribution in [0.1, 0.15) is 42.9 Å². The molecule has 2 heterocycles. The molecule has 2 aromatic carbocycles. The summed E-state index contributed by atoms with van der Waals surface area (Å²) in [5, 5.41) is 6.54. The van der Waals surface area contributed by atoms with E-state index in [1.54, 1.807) is 24.3 Å². The second-order valence-corrected chi connectivity index (χ2v) is 8.60. The van der Waals surface area contributed by atoms with E-state index in [9.17, 15) is 9.59 Å². The second-order valence-electron chi connectivity index (χ2n) is 8.16.